The molecule has 2 N–H and O–H groups in total. The number of aryl methyl sites for hydroxylation is 2. The second kappa shape index (κ2) is 10.4. The number of aromatic nitrogens is 1. The highest BCUT2D eigenvalue weighted by Gasteiger charge is 2.12. The summed E-state index contributed by atoms with van der Waals surface area (Å²) < 4.78 is 19.6. The van der Waals surface area contributed by atoms with Crippen LogP contribution >= 0.6 is 11.3 Å². The van der Waals surface area contributed by atoms with Crippen molar-refractivity contribution in [1.29, 1.82) is 0 Å². The fourth-order valence-corrected chi connectivity index (χ4v) is 4.17. The number of anilines is 1. The number of rotatable bonds is 9. The van der Waals surface area contributed by atoms with Gasteiger partial charge in [-0.15, -0.1) is 11.3 Å². The molecule has 0 saturated heterocycles. The molecule has 3 aromatic rings. The maximum Gasteiger partial charge on any atom is 0.253 e. The van der Waals surface area contributed by atoms with E-state index in [1.165, 1.54) is 22.5 Å². The molecule has 2 aromatic carbocycles. The van der Waals surface area contributed by atoms with Gasteiger partial charge in [0, 0.05) is 17.8 Å². The van der Waals surface area contributed by atoms with Gasteiger partial charge in [-0.3, -0.25) is 14.3 Å². The number of carbonyl (C=O) groups excluding carboxylic acids is 1. The van der Waals surface area contributed by atoms with Gasteiger partial charge in [0.15, 0.2) is 5.13 Å². The number of thiazole rings is 1. The van der Waals surface area contributed by atoms with Crippen LogP contribution in [0.3, 0.4) is 0 Å². The van der Waals surface area contributed by atoms with Crippen molar-refractivity contribution in [2.45, 2.75) is 26.8 Å². The number of carbonyl (C=O) groups is 1. The molecule has 1 atom stereocenters. The summed E-state index contributed by atoms with van der Waals surface area (Å²) in [4.78, 5) is 17.6. The van der Waals surface area contributed by atoms with E-state index in [0.29, 0.717) is 11.7 Å². The third kappa shape index (κ3) is 6.86. The van der Waals surface area contributed by atoms with Crippen molar-refractivity contribution >= 4 is 33.6 Å². The highest BCUT2D eigenvalue weighted by Crippen LogP contribution is 2.25. The van der Waals surface area contributed by atoms with Gasteiger partial charge in [0.1, 0.15) is 6.61 Å². The second-order valence-corrected chi connectivity index (χ2v) is 8.62. The van der Waals surface area contributed by atoms with Gasteiger partial charge < -0.3 is 0 Å². The minimum absolute atomic E-state index is 0.319. The summed E-state index contributed by atoms with van der Waals surface area (Å²) in [6.07, 6.45) is 0.767. The summed E-state index contributed by atoms with van der Waals surface area (Å²) >= 11 is -0.316. The lowest BCUT2D eigenvalue weighted by molar-refractivity contribution is -0.117. The molecular weight excluding hydrogens is 406 g/mol. The lowest BCUT2D eigenvalue weighted by Gasteiger charge is -2.05. The molecule has 0 spiro atoms. The number of amides is 1. The minimum Gasteiger partial charge on any atom is -0.300 e. The summed E-state index contributed by atoms with van der Waals surface area (Å²) in [7, 11) is 0. The van der Waals surface area contributed by atoms with E-state index < -0.39 is 17.2 Å². The van der Waals surface area contributed by atoms with Crippen LogP contribution in [-0.2, 0) is 33.2 Å². The van der Waals surface area contributed by atoms with Crippen molar-refractivity contribution in [2.24, 2.45) is 0 Å². The Hall–Kier alpha value is -2.39. The Labute approximate surface area is 177 Å². The number of hydrogen-bond acceptors (Lipinski definition) is 5. The Kier molecular flexibility index (Phi) is 7.65. The molecule has 0 aliphatic heterocycles. The summed E-state index contributed by atoms with van der Waals surface area (Å²) in [5.74, 6) is -0.393. The van der Waals surface area contributed by atoms with Gasteiger partial charge >= 0.3 is 0 Å². The fraction of sp³-hybridized carbons (Fsp3) is 0.238. The molecular formula is C21H23N3O3S2. The van der Waals surface area contributed by atoms with Crippen molar-refractivity contribution in [3.05, 3.63) is 81.9 Å². The van der Waals surface area contributed by atoms with Gasteiger partial charge in [-0.1, -0.05) is 60.2 Å². The van der Waals surface area contributed by atoms with Crippen molar-refractivity contribution in [1.82, 2.24) is 9.71 Å². The first-order chi connectivity index (χ1) is 14.0. The summed E-state index contributed by atoms with van der Waals surface area (Å²) in [5.41, 5.74) is 4.29. The summed E-state index contributed by atoms with van der Waals surface area (Å²) in [5, 5.41) is 3.22. The van der Waals surface area contributed by atoms with Crippen LogP contribution in [-0.4, -0.2) is 21.7 Å². The SMILES string of the molecule is Cc1ccc(Cc2sc(NC(=O)COS(=O)NCc3ccccc3)nc2C)cc1. The molecule has 29 heavy (non-hydrogen) atoms. The predicted molar refractivity (Wildman–Crippen MR) is 117 cm³/mol. The molecule has 1 unspecified atom stereocenters. The van der Waals surface area contributed by atoms with Crippen molar-refractivity contribution in [2.75, 3.05) is 11.9 Å². The highest BCUT2D eigenvalue weighted by atomic mass is 32.2. The molecule has 1 heterocycles. The largest absolute Gasteiger partial charge is 0.300 e. The molecule has 0 radical (unpaired) electrons. The van der Waals surface area contributed by atoms with E-state index in [1.54, 1.807) is 0 Å². The number of hydrogen-bond donors (Lipinski definition) is 2. The first kappa shape index (κ1) is 21.3. The van der Waals surface area contributed by atoms with E-state index in [9.17, 15) is 9.00 Å². The predicted octanol–water partition coefficient (Wildman–Crippen LogP) is 3.67. The highest BCUT2D eigenvalue weighted by molar-refractivity contribution is 7.78. The third-order valence-corrected chi connectivity index (χ3v) is 5.94. The molecule has 0 aliphatic rings. The molecule has 0 saturated carbocycles. The number of nitrogens with one attached hydrogen (secondary N) is 2. The van der Waals surface area contributed by atoms with Crippen LogP contribution in [0.5, 0.6) is 0 Å². The second-order valence-electron chi connectivity index (χ2n) is 6.54. The first-order valence-corrected chi connectivity index (χ1v) is 11.0. The molecule has 3 rings (SSSR count). The zero-order chi connectivity index (χ0) is 20.6. The first-order valence-electron chi connectivity index (χ1n) is 9.14. The lowest BCUT2D eigenvalue weighted by Crippen LogP contribution is -2.24. The van der Waals surface area contributed by atoms with Crippen LogP contribution in [0.15, 0.2) is 54.6 Å². The standard InChI is InChI=1S/C21H23N3O3S2/c1-15-8-10-17(11-9-15)12-19-16(2)23-21(28-19)24-20(25)14-27-29(26)22-13-18-6-4-3-5-7-18/h3-11,22H,12-14H2,1-2H3,(H,23,24,25). The van der Waals surface area contributed by atoms with E-state index in [2.05, 4.69) is 46.2 Å². The van der Waals surface area contributed by atoms with Gasteiger partial charge in [-0.2, -0.15) is 0 Å². The molecule has 1 aromatic heterocycles. The molecule has 6 nitrogen and oxygen atoms in total. The van der Waals surface area contributed by atoms with Crippen LogP contribution in [0.4, 0.5) is 5.13 Å². The van der Waals surface area contributed by atoms with E-state index in [1.807, 2.05) is 37.3 Å². The minimum atomic E-state index is -1.75. The lowest BCUT2D eigenvalue weighted by atomic mass is 10.1. The normalized spacial score (nSPS) is 11.9. The van der Waals surface area contributed by atoms with Crippen LogP contribution in [0.1, 0.15) is 27.3 Å². The van der Waals surface area contributed by atoms with E-state index in [4.69, 9.17) is 4.18 Å². The molecule has 152 valence electrons. The Morgan fingerprint density at radius 1 is 1.07 bits per heavy atom. The average Bonchev–Trinajstić information content (AvgIpc) is 3.06. The van der Waals surface area contributed by atoms with Crippen molar-refractivity contribution in [3.8, 4) is 0 Å². The van der Waals surface area contributed by atoms with Crippen LogP contribution in [0, 0.1) is 13.8 Å². The van der Waals surface area contributed by atoms with E-state index in [0.717, 1.165) is 22.6 Å². The van der Waals surface area contributed by atoms with Gasteiger partial charge in [0.25, 0.3) is 5.91 Å². The van der Waals surface area contributed by atoms with Crippen molar-refractivity contribution in [3.63, 3.8) is 0 Å². The van der Waals surface area contributed by atoms with Gasteiger partial charge in [0.05, 0.1) is 5.69 Å². The van der Waals surface area contributed by atoms with E-state index >= 15 is 0 Å². The van der Waals surface area contributed by atoms with Gasteiger partial charge in [-0.05, 0) is 25.0 Å². The van der Waals surface area contributed by atoms with Crippen molar-refractivity contribution < 1.29 is 13.2 Å². The Morgan fingerprint density at radius 3 is 2.52 bits per heavy atom. The zero-order valence-corrected chi connectivity index (χ0v) is 17.9. The Bertz CT molecular complexity index is 973. The molecule has 1 amide bonds. The zero-order valence-electron chi connectivity index (χ0n) is 16.3. The van der Waals surface area contributed by atoms with Crippen LogP contribution < -0.4 is 10.0 Å². The monoisotopic (exact) mass is 429 g/mol. The third-order valence-electron chi connectivity index (χ3n) is 4.16. The topological polar surface area (TPSA) is 80.3 Å². The molecule has 0 bridgehead atoms. The molecule has 0 aliphatic carbocycles. The van der Waals surface area contributed by atoms with Gasteiger partial charge in [0.2, 0.25) is 11.3 Å². The quantitative estimate of drug-likeness (QED) is 0.544. The van der Waals surface area contributed by atoms with Gasteiger partial charge in [-0.25, -0.2) is 13.9 Å². The average molecular weight is 430 g/mol. The fourth-order valence-electron chi connectivity index (χ4n) is 2.58. The molecule has 8 heteroatoms. The maximum absolute atomic E-state index is 12.1. The van der Waals surface area contributed by atoms with Crippen LogP contribution in [0.2, 0.25) is 0 Å². The van der Waals surface area contributed by atoms with E-state index in [-0.39, 0.29) is 6.61 Å². The summed E-state index contributed by atoms with van der Waals surface area (Å²) in [6, 6.07) is 17.9. The smallest absolute Gasteiger partial charge is 0.253 e. The maximum atomic E-state index is 12.1. The Balaban J connectivity index is 1.45. The number of nitrogens with zero attached hydrogens (tertiary/aromatic N) is 1. The Morgan fingerprint density at radius 2 is 1.79 bits per heavy atom. The summed E-state index contributed by atoms with van der Waals surface area (Å²) in [6.45, 7) is 4.06. The van der Waals surface area contributed by atoms with Crippen LogP contribution in [0.25, 0.3) is 0 Å². The molecule has 0 fully saturated rings. The number of benzene rings is 2.